The summed E-state index contributed by atoms with van der Waals surface area (Å²) in [5.41, 5.74) is 0.756. The molecule has 0 fully saturated rings. The Morgan fingerprint density at radius 1 is 1.42 bits per heavy atom. The molecule has 6 heteroatoms. The molecule has 96 valence electrons. The number of benzene rings is 1. The normalized spacial score (nSPS) is 9.53. The number of amides is 1. The Morgan fingerprint density at radius 2 is 2.26 bits per heavy atom. The fourth-order valence-electron chi connectivity index (χ4n) is 1.51. The van der Waals surface area contributed by atoms with Crippen LogP contribution in [0.3, 0.4) is 0 Å². The number of carbonyl (C=O) groups is 1. The zero-order valence-corrected chi connectivity index (χ0v) is 10.0. The highest BCUT2D eigenvalue weighted by Gasteiger charge is 2.12. The molecule has 6 nitrogen and oxygen atoms in total. The number of nitrogens with one attached hydrogen (secondary N) is 1. The highest BCUT2D eigenvalue weighted by molar-refractivity contribution is 6.03. The van der Waals surface area contributed by atoms with Crippen LogP contribution in [-0.2, 0) is 4.79 Å². The maximum atomic E-state index is 11.8. The smallest absolute Gasteiger partial charge is 0.291 e. The number of nitrogens with zero attached hydrogens (tertiary/aromatic N) is 1. The number of furan rings is 1. The van der Waals surface area contributed by atoms with Crippen LogP contribution in [0.2, 0.25) is 0 Å². The van der Waals surface area contributed by atoms with Gasteiger partial charge in [0, 0.05) is 0 Å². The summed E-state index contributed by atoms with van der Waals surface area (Å²) in [7, 11) is 1.47. The van der Waals surface area contributed by atoms with Crippen molar-refractivity contribution in [3.8, 4) is 5.75 Å². The summed E-state index contributed by atoms with van der Waals surface area (Å²) in [6.07, 6.45) is 2.83. The largest absolute Gasteiger partial charge is 0.495 e. The third kappa shape index (κ3) is 2.88. The van der Waals surface area contributed by atoms with Gasteiger partial charge in [-0.05, 0) is 30.3 Å². The van der Waals surface area contributed by atoms with Gasteiger partial charge in [0.25, 0.3) is 5.91 Å². The van der Waals surface area contributed by atoms with Crippen molar-refractivity contribution in [2.75, 3.05) is 12.4 Å². The highest BCUT2D eigenvalue weighted by atomic mass is 16.5. The number of anilines is 1. The maximum absolute atomic E-state index is 11.8. The van der Waals surface area contributed by atoms with E-state index < -0.39 is 5.91 Å². The van der Waals surface area contributed by atoms with E-state index in [0.29, 0.717) is 17.1 Å². The first-order valence-electron chi connectivity index (χ1n) is 5.35. The molecule has 0 saturated carbocycles. The molecule has 0 radical (unpaired) electrons. The van der Waals surface area contributed by atoms with E-state index in [1.807, 2.05) is 0 Å². The van der Waals surface area contributed by atoms with Gasteiger partial charge in [0.15, 0.2) is 5.76 Å². The molecule has 0 atom stereocenters. The predicted molar refractivity (Wildman–Crippen MR) is 67.4 cm³/mol. The minimum absolute atomic E-state index is 0.173. The second-order valence-corrected chi connectivity index (χ2v) is 3.52. The number of carbonyl (C=O) groups excluding carboxylic acids is 2. The minimum atomic E-state index is -0.421. The molecule has 0 aliphatic heterocycles. The number of rotatable bonds is 4. The van der Waals surface area contributed by atoms with E-state index in [4.69, 9.17) is 9.15 Å². The van der Waals surface area contributed by atoms with Gasteiger partial charge in [-0.3, -0.25) is 4.79 Å². The SMILES string of the molecule is COc1ccc(N=C=O)cc1NC(=O)c1ccco1. The summed E-state index contributed by atoms with van der Waals surface area (Å²) in [4.78, 5) is 25.5. The Kier molecular flexibility index (Phi) is 3.75. The Hall–Kier alpha value is -2.85. The van der Waals surface area contributed by atoms with Gasteiger partial charge in [0.05, 0.1) is 24.7 Å². The predicted octanol–water partition coefficient (Wildman–Crippen LogP) is 2.51. The van der Waals surface area contributed by atoms with Crippen LogP contribution in [0.1, 0.15) is 10.6 Å². The summed E-state index contributed by atoms with van der Waals surface area (Å²) >= 11 is 0. The van der Waals surface area contributed by atoms with Crippen LogP contribution in [0.25, 0.3) is 0 Å². The van der Waals surface area contributed by atoms with Crippen molar-refractivity contribution in [2.24, 2.45) is 4.99 Å². The number of hydrogen-bond donors (Lipinski definition) is 1. The molecular formula is C13H10N2O4. The molecule has 19 heavy (non-hydrogen) atoms. The van der Waals surface area contributed by atoms with Crippen LogP contribution in [0.15, 0.2) is 46.0 Å². The van der Waals surface area contributed by atoms with Crippen LogP contribution in [0, 0.1) is 0 Å². The number of isocyanates is 1. The number of methoxy groups -OCH3 is 1. The lowest BCUT2D eigenvalue weighted by Crippen LogP contribution is -2.11. The Morgan fingerprint density at radius 3 is 2.89 bits per heavy atom. The second-order valence-electron chi connectivity index (χ2n) is 3.52. The quantitative estimate of drug-likeness (QED) is 0.674. The highest BCUT2D eigenvalue weighted by Crippen LogP contribution is 2.29. The van der Waals surface area contributed by atoms with Gasteiger partial charge in [0.2, 0.25) is 6.08 Å². The van der Waals surface area contributed by atoms with E-state index in [0.717, 1.165) is 0 Å². The van der Waals surface area contributed by atoms with Gasteiger partial charge in [-0.25, -0.2) is 4.79 Å². The number of ether oxygens (including phenoxy) is 1. The van der Waals surface area contributed by atoms with E-state index in [1.165, 1.54) is 31.6 Å². The summed E-state index contributed by atoms with van der Waals surface area (Å²) in [5.74, 6) is 0.201. The molecular weight excluding hydrogens is 248 g/mol. The van der Waals surface area contributed by atoms with Crippen molar-refractivity contribution < 1.29 is 18.7 Å². The van der Waals surface area contributed by atoms with Crippen LogP contribution >= 0.6 is 0 Å². The van der Waals surface area contributed by atoms with Gasteiger partial charge in [-0.1, -0.05) is 0 Å². The van der Waals surface area contributed by atoms with Crippen molar-refractivity contribution in [3.63, 3.8) is 0 Å². The molecule has 0 spiro atoms. The van der Waals surface area contributed by atoms with Crippen molar-refractivity contribution in [3.05, 3.63) is 42.4 Å². The molecule has 0 aliphatic carbocycles. The first kappa shape index (κ1) is 12.6. The first-order chi connectivity index (χ1) is 9.24. The van der Waals surface area contributed by atoms with E-state index in [9.17, 15) is 9.59 Å². The van der Waals surface area contributed by atoms with Gasteiger partial charge in [-0.2, -0.15) is 4.99 Å². The molecule has 0 aliphatic rings. The van der Waals surface area contributed by atoms with Crippen molar-refractivity contribution in [1.82, 2.24) is 0 Å². The van der Waals surface area contributed by atoms with E-state index >= 15 is 0 Å². The molecule has 1 aromatic heterocycles. The van der Waals surface area contributed by atoms with Crippen molar-refractivity contribution >= 4 is 23.4 Å². The zero-order valence-electron chi connectivity index (χ0n) is 10.0. The molecule has 1 N–H and O–H groups in total. The fraction of sp³-hybridized carbons (Fsp3) is 0.0769. The van der Waals surface area contributed by atoms with E-state index in [2.05, 4.69) is 10.3 Å². The summed E-state index contributed by atoms with van der Waals surface area (Å²) in [6.45, 7) is 0. The molecule has 1 amide bonds. The fourth-order valence-corrected chi connectivity index (χ4v) is 1.51. The van der Waals surface area contributed by atoms with Gasteiger partial charge >= 0.3 is 0 Å². The second kappa shape index (κ2) is 5.66. The zero-order chi connectivity index (χ0) is 13.7. The summed E-state index contributed by atoms with van der Waals surface area (Å²) in [6, 6.07) is 7.82. The van der Waals surface area contributed by atoms with E-state index in [-0.39, 0.29) is 5.76 Å². The molecule has 1 aromatic carbocycles. The van der Waals surface area contributed by atoms with E-state index in [1.54, 1.807) is 18.2 Å². The molecule has 2 aromatic rings. The molecule has 0 saturated heterocycles. The Labute approximate surface area is 108 Å². The third-order valence-corrected chi connectivity index (χ3v) is 2.35. The molecule has 1 heterocycles. The van der Waals surface area contributed by atoms with Gasteiger partial charge < -0.3 is 14.5 Å². The lowest BCUT2D eigenvalue weighted by atomic mass is 10.2. The molecule has 0 bridgehead atoms. The number of hydrogen-bond acceptors (Lipinski definition) is 5. The van der Waals surface area contributed by atoms with Gasteiger partial charge in [-0.15, -0.1) is 0 Å². The van der Waals surface area contributed by atoms with Crippen LogP contribution in [-0.4, -0.2) is 19.1 Å². The number of aliphatic imine (C=N–C) groups is 1. The average Bonchev–Trinajstić information content (AvgIpc) is 2.93. The average molecular weight is 258 g/mol. The topological polar surface area (TPSA) is 80.9 Å². The summed E-state index contributed by atoms with van der Waals surface area (Å²) < 4.78 is 10.1. The lowest BCUT2D eigenvalue weighted by Gasteiger charge is -2.09. The lowest BCUT2D eigenvalue weighted by molar-refractivity contribution is 0.0996. The van der Waals surface area contributed by atoms with Crippen molar-refractivity contribution in [1.29, 1.82) is 0 Å². The van der Waals surface area contributed by atoms with Crippen LogP contribution in [0.4, 0.5) is 11.4 Å². The standard InChI is InChI=1S/C13H10N2O4/c1-18-11-5-4-9(14-8-16)7-10(11)15-13(17)12-3-2-6-19-12/h2-7H,1H3,(H,15,17). The third-order valence-electron chi connectivity index (χ3n) is 2.35. The Bertz CT molecular complexity index is 628. The first-order valence-corrected chi connectivity index (χ1v) is 5.35. The van der Waals surface area contributed by atoms with Crippen LogP contribution in [0.5, 0.6) is 5.75 Å². The molecule has 0 unspecified atom stereocenters. The maximum Gasteiger partial charge on any atom is 0.291 e. The van der Waals surface area contributed by atoms with Gasteiger partial charge in [0.1, 0.15) is 5.75 Å². The summed E-state index contributed by atoms with van der Waals surface area (Å²) in [5, 5.41) is 2.62. The Balaban J connectivity index is 2.29. The monoisotopic (exact) mass is 258 g/mol. The van der Waals surface area contributed by atoms with Crippen molar-refractivity contribution in [2.45, 2.75) is 0 Å². The molecule has 2 rings (SSSR count). The minimum Gasteiger partial charge on any atom is -0.495 e. The van der Waals surface area contributed by atoms with Crippen LogP contribution < -0.4 is 10.1 Å².